The van der Waals surface area contributed by atoms with Crippen molar-refractivity contribution in [3.05, 3.63) is 83.4 Å². The SMILES string of the molecule is Cc1cc([N+](=O)[O-])c(Cl)cc1Nc1c([N+](=O)[O-])cc([N+](=O)[O-])c2ccccc12. The van der Waals surface area contributed by atoms with Crippen LogP contribution in [0.3, 0.4) is 0 Å². The van der Waals surface area contributed by atoms with E-state index in [1.165, 1.54) is 24.3 Å². The number of nitrogens with zero attached hydrogens (tertiary/aromatic N) is 3. The smallest absolute Gasteiger partial charge is 0.300 e. The molecule has 142 valence electrons. The van der Waals surface area contributed by atoms with E-state index in [0.717, 1.165) is 6.07 Å². The van der Waals surface area contributed by atoms with Crippen molar-refractivity contribution in [1.29, 1.82) is 0 Å². The van der Waals surface area contributed by atoms with Crippen LogP contribution < -0.4 is 5.32 Å². The zero-order chi connectivity index (χ0) is 20.6. The van der Waals surface area contributed by atoms with Gasteiger partial charge in [-0.15, -0.1) is 0 Å². The molecule has 0 aliphatic heterocycles. The molecule has 0 aliphatic rings. The molecule has 0 aromatic heterocycles. The van der Waals surface area contributed by atoms with Crippen molar-refractivity contribution in [3.63, 3.8) is 0 Å². The Bertz CT molecular complexity index is 1160. The van der Waals surface area contributed by atoms with Crippen molar-refractivity contribution in [2.45, 2.75) is 6.92 Å². The van der Waals surface area contributed by atoms with Gasteiger partial charge in [0.2, 0.25) is 0 Å². The van der Waals surface area contributed by atoms with E-state index in [2.05, 4.69) is 5.32 Å². The Morgan fingerprint density at radius 3 is 1.96 bits per heavy atom. The molecule has 0 bridgehead atoms. The molecule has 1 N–H and O–H groups in total. The largest absolute Gasteiger partial charge is 0.349 e. The minimum atomic E-state index is -0.732. The van der Waals surface area contributed by atoms with Crippen LogP contribution in [0, 0.1) is 37.3 Å². The summed E-state index contributed by atoms with van der Waals surface area (Å²) in [6.07, 6.45) is 0. The molecular weight excluding hydrogens is 392 g/mol. The van der Waals surface area contributed by atoms with E-state index in [9.17, 15) is 30.3 Å². The van der Waals surface area contributed by atoms with Gasteiger partial charge in [-0.1, -0.05) is 29.8 Å². The summed E-state index contributed by atoms with van der Waals surface area (Å²) < 4.78 is 0. The minimum absolute atomic E-state index is 0.0271. The zero-order valence-corrected chi connectivity index (χ0v) is 15.0. The first-order chi connectivity index (χ1) is 13.2. The summed E-state index contributed by atoms with van der Waals surface area (Å²) in [7, 11) is 0. The van der Waals surface area contributed by atoms with Crippen molar-refractivity contribution >= 4 is 50.8 Å². The number of nitro benzene ring substituents is 3. The van der Waals surface area contributed by atoms with Gasteiger partial charge in [0.05, 0.1) is 26.2 Å². The molecule has 0 unspecified atom stereocenters. The monoisotopic (exact) mass is 402 g/mol. The molecule has 3 aromatic rings. The van der Waals surface area contributed by atoms with E-state index in [1.54, 1.807) is 19.1 Å². The van der Waals surface area contributed by atoms with Crippen molar-refractivity contribution in [2.75, 3.05) is 5.32 Å². The molecule has 0 heterocycles. The van der Waals surface area contributed by atoms with E-state index < -0.39 is 26.1 Å². The molecule has 0 spiro atoms. The van der Waals surface area contributed by atoms with E-state index in [-0.39, 0.29) is 27.2 Å². The summed E-state index contributed by atoms with van der Waals surface area (Å²) in [6, 6.07) is 9.58. The van der Waals surface area contributed by atoms with Gasteiger partial charge in [-0.3, -0.25) is 30.3 Å². The van der Waals surface area contributed by atoms with Crippen LogP contribution in [0.2, 0.25) is 5.02 Å². The third kappa shape index (κ3) is 3.28. The second-order valence-corrected chi connectivity index (χ2v) is 6.26. The fraction of sp³-hybridized carbons (Fsp3) is 0.0588. The molecule has 0 radical (unpaired) electrons. The Kier molecular flexibility index (Phi) is 4.80. The fourth-order valence-electron chi connectivity index (χ4n) is 2.84. The first kappa shape index (κ1) is 19.0. The van der Waals surface area contributed by atoms with Gasteiger partial charge in [0, 0.05) is 17.1 Å². The molecule has 11 heteroatoms. The highest BCUT2D eigenvalue weighted by Gasteiger charge is 2.26. The average molecular weight is 403 g/mol. The predicted molar refractivity (Wildman–Crippen MR) is 103 cm³/mol. The van der Waals surface area contributed by atoms with Crippen LogP contribution in [0.1, 0.15) is 5.56 Å². The lowest BCUT2D eigenvalue weighted by atomic mass is 10.0. The van der Waals surface area contributed by atoms with Gasteiger partial charge in [0.25, 0.3) is 17.1 Å². The molecule has 0 aliphatic carbocycles. The van der Waals surface area contributed by atoms with Crippen LogP contribution in [0.15, 0.2) is 42.5 Å². The third-order valence-electron chi connectivity index (χ3n) is 4.15. The minimum Gasteiger partial charge on any atom is -0.349 e. The highest BCUT2D eigenvalue weighted by molar-refractivity contribution is 6.33. The summed E-state index contributed by atoms with van der Waals surface area (Å²) in [5, 5.41) is 37.1. The molecule has 3 aromatic carbocycles. The standard InChI is InChI=1S/C17H11ClN4O6/c1-9-6-15(21(25)26)12(18)7-13(9)19-17-11-5-3-2-4-10(11)14(20(23)24)8-16(17)22(27)28/h2-8,19H,1H3. The summed E-state index contributed by atoms with van der Waals surface area (Å²) in [4.78, 5) is 31.8. The first-order valence-corrected chi connectivity index (χ1v) is 8.14. The van der Waals surface area contributed by atoms with Crippen LogP contribution in [0.25, 0.3) is 10.8 Å². The molecule has 10 nitrogen and oxygen atoms in total. The van der Waals surface area contributed by atoms with Crippen molar-refractivity contribution in [2.24, 2.45) is 0 Å². The van der Waals surface area contributed by atoms with Gasteiger partial charge in [-0.2, -0.15) is 0 Å². The van der Waals surface area contributed by atoms with Gasteiger partial charge >= 0.3 is 0 Å². The number of benzene rings is 3. The number of non-ortho nitro benzene ring substituents is 1. The van der Waals surface area contributed by atoms with E-state index in [0.29, 0.717) is 11.3 Å². The Balaban J connectivity index is 2.27. The summed E-state index contributed by atoms with van der Waals surface area (Å²) in [5.41, 5.74) is -0.442. The lowest BCUT2D eigenvalue weighted by molar-refractivity contribution is -0.392. The van der Waals surface area contributed by atoms with E-state index in [1.807, 2.05) is 0 Å². The molecule has 0 saturated carbocycles. The number of nitrogens with one attached hydrogen (secondary N) is 1. The Morgan fingerprint density at radius 2 is 1.39 bits per heavy atom. The van der Waals surface area contributed by atoms with E-state index in [4.69, 9.17) is 11.6 Å². The van der Waals surface area contributed by atoms with Crippen LogP contribution in [-0.2, 0) is 0 Å². The summed E-state index contributed by atoms with van der Waals surface area (Å²) in [6.45, 7) is 1.57. The van der Waals surface area contributed by atoms with Crippen molar-refractivity contribution in [3.8, 4) is 0 Å². The number of rotatable bonds is 5. The maximum atomic E-state index is 11.6. The summed E-state index contributed by atoms with van der Waals surface area (Å²) >= 11 is 5.95. The number of anilines is 2. The average Bonchev–Trinajstić information content (AvgIpc) is 2.63. The molecule has 0 amide bonds. The fourth-order valence-corrected chi connectivity index (χ4v) is 3.08. The quantitative estimate of drug-likeness (QED) is 0.452. The van der Waals surface area contributed by atoms with Crippen LogP contribution in [0.4, 0.5) is 28.4 Å². The van der Waals surface area contributed by atoms with Crippen molar-refractivity contribution in [1.82, 2.24) is 0 Å². The van der Waals surface area contributed by atoms with Crippen molar-refractivity contribution < 1.29 is 14.8 Å². The molecule has 0 saturated heterocycles. The lowest BCUT2D eigenvalue weighted by Gasteiger charge is -2.13. The maximum Gasteiger partial charge on any atom is 0.300 e. The number of nitro groups is 3. The third-order valence-corrected chi connectivity index (χ3v) is 4.45. The number of hydrogen-bond acceptors (Lipinski definition) is 7. The lowest BCUT2D eigenvalue weighted by Crippen LogP contribution is -2.02. The molecule has 3 rings (SSSR count). The number of halogens is 1. The Morgan fingerprint density at radius 1 is 0.821 bits per heavy atom. The highest BCUT2D eigenvalue weighted by atomic mass is 35.5. The molecule has 28 heavy (non-hydrogen) atoms. The van der Waals surface area contributed by atoms with Gasteiger partial charge in [-0.05, 0) is 24.6 Å². The van der Waals surface area contributed by atoms with Crippen LogP contribution in [0.5, 0.6) is 0 Å². The van der Waals surface area contributed by atoms with Gasteiger partial charge in [-0.25, -0.2) is 0 Å². The molecule has 0 fully saturated rings. The molecule has 0 atom stereocenters. The molecular formula is C17H11ClN4O6. The normalized spacial score (nSPS) is 10.6. The van der Waals surface area contributed by atoms with Gasteiger partial charge < -0.3 is 5.32 Å². The van der Waals surface area contributed by atoms with Gasteiger partial charge in [0.1, 0.15) is 10.7 Å². The predicted octanol–water partition coefficient (Wildman–Crippen LogP) is 5.27. The topological polar surface area (TPSA) is 141 Å². The van der Waals surface area contributed by atoms with Gasteiger partial charge in [0.15, 0.2) is 0 Å². The van der Waals surface area contributed by atoms with Crippen LogP contribution >= 0.6 is 11.6 Å². The first-order valence-electron chi connectivity index (χ1n) is 7.76. The zero-order valence-electron chi connectivity index (χ0n) is 14.2. The number of aryl methyl sites for hydroxylation is 1. The van der Waals surface area contributed by atoms with Crippen LogP contribution in [-0.4, -0.2) is 14.8 Å². The second kappa shape index (κ2) is 7.08. The Labute approximate surface area is 161 Å². The van der Waals surface area contributed by atoms with E-state index >= 15 is 0 Å². The number of hydrogen-bond donors (Lipinski definition) is 1. The number of fused-ring (bicyclic) bond motifs is 1. The second-order valence-electron chi connectivity index (χ2n) is 5.85. The summed E-state index contributed by atoms with van der Waals surface area (Å²) in [5.74, 6) is 0. The highest BCUT2D eigenvalue weighted by Crippen LogP contribution is 2.42. The maximum absolute atomic E-state index is 11.6. The Hall–Kier alpha value is -3.79.